The summed E-state index contributed by atoms with van der Waals surface area (Å²) in [6.45, 7) is 19.2. The van der Waals surface area contributed by atoms with Crippen molar-refractivity contribution >= 4 is 37.8 Å². The molecule has 2 aromatic heterocycles. The first-order valence-electron chi connectivity index (χ1n) is 15.8. The summed E-state index contributed by atoms with van der Waals surface area (Å²) in [6, 6.07) is 8.99. The fourth-order valence-electron chi connectivity index (χ4n) is 5.58. The minimum Gasteiger partial charge on any atom is -0.412 e. The van der Waals surface area contributed by atoms with Crippen molar-refractivity contribution in [1.29, 1.82) is 0 Å². The van der Waals surface area contributed by atoms with Gasteiger partial charge in [0.15, 0.2) is 8.32 Å². The number of likely N-dealkylation sites (tertiary alicyclic amines) is 1. The van der Waals surface area contributed by atoms with Crippen LogP contribution in [0.3, 0.4) is 0 Å². The summed E-state index contributed by atoms with van der Waals surface area (Å²) in [6.07, 6.45) is 1.79. The topological polar surface area (TPSA) is 115 Å². The maximum atomic E-state index is 14.3. The molecule has 0 aliphatic carbocycles. The summed E-state index contributed by atoms with van der Waals surface area (Å²) in [7, 11) is -2.17. The third-order valence-corrected chi connectivity index (χ3v) is 14.7. The number of aryl methyl sites for hydroxylation is 2. The van der Waals surface area contributed by atoms with E-state index in [4.69, 9.17) is 8.95 Å². The third-order valence-electron chi connectivity index (χ3n) is 9.23. The van der Waals surface area contributed by atoms with Gasteiger partial charge in [-0.15, -0.1) is 11.3 Å². The van der Waals surface area contributed by atoms with Crippen molar-refractivity contribution in [2.75, 3.05) is 6.54 Å². The van der Waals surface area contributed by atoms with Gasteiger partial charge in [-0.25, -0.2) is 4.98 Å². The van der Waals surface area contributed by atoms with E-state index in [1.807, 2.05) is 45.3 Å². The molecule has 0 spiro atoms. The summed E-state index contributed by atoms with van der Waals surface area (Å²) in [4.78, 5) is 46.3. The summed E-state index contributed by atoms with van der Waals surface area (Å²) < 4.78 is 12.4. The van der Waals surface area contributed by atoms with Crippen LogP contribution in [0.25, 0.3) is 10.4 Å². The molecule has 1 fully saturated rings. The van der Waals surface area contributed by atoms with E-state index >= 15 is 0 Å². The van der Waals surface area contributed by atoms with Crippen molar-refractivity contribution in [2.24, 2.45) is 5.92 Å². The third kappa shape index (κ3) is 7.99. The molecular weight excluding hydrogens is 605 g/mol. The Hall–Kier alpha value is -3.15. The Morgan fingerprint density at radius 2 is 1.89 bits per heavy atom. The van der Waals surface area contributed by atoms with Crippen molar-refractivity contribution in [2.45, 2.75) is 110 Å². The Morgan fingerprint density at radius 1 is 1.20 bits per heavy atom. The number of aromatic nitrogens is 2. The molecule has 11 heteroatoms. The number of rotatable bonds is 12. The molecule has 1 aliphatic rings. The molecule has 0 saturated carbocycles. The smallest absolute Gasteiger partial charge is 0.243 e. The molecule has 1 N–H and O–H groups in total. The summed E-state index contributed by atoms with van der Waals surface area (Å²) in [5.74, 6) is -0.654. The van der Waals surface area contributed by atoms with Gasteiger partial charge in [-0.2, -0.15) is 0 Å². The van der Waals surface area contributed by atoms with Crippen molar-refractivity contribution in [3.05, 3.63) is 58.6 Å². The minimum absolute atomic E-state index is 0.0151. The number of benzene rings is 1. The molecule has 1 aromatic carbocycles. The van der Waals surface area contributed by atoms with Gasteiger partial charge in [0.1, 0.15) is 24.0 Å². The number of carbonyl (C=O) groups excluding carboxylic acids is 3. The van der Waals surface area contributed by atoms with E-state index in [0.29, 0.717) is 37.3 Å². The van der Waals surface area contributed by atoms with Gasteiger partial charge in [0, 0.05) is 25.5 Å². The minimum atomic E-state index is -2.17. The van der Waals surface area contributed by atoms with E-state index in [1.54, 1.807) is 22.3 Å². The summed E-state index contributed by atoms with van der Waals surface area (Å²) >= 11 is 1.61. The van der Waals surface area contributed by atoms with Gasteiger partial charge in [0.05, 0.1) is 33.9 Å². The molecule has 1 aliphatic heterocycles. The number of nitrogens with zero attached hydrogens (tertiary/aromatic N) is 3. The Labute approximate surface area is 272 Å². The van der Waals surface area contributed by atoms with Crippen molar-refractivity contribution < 1.29 is 23.3 Å². The molecule has 3 heterocycles. The zero-order chi connectivity index (χ0) is 33.1. The van der Waals surface area contributed by atoms with Crippen LogP contribution >= 0.6 is 11.3 Å². The SMILES string of the molecule is Cc1ncsc1-c1ccc(C(C)NC(=O)[C@@H]2C[C@@H](O[Si](C)(C)C(C)(C)C)CN2C(=O)C(c2cc(CCC=O)no2)C(C)C)cc1. The fourth-order valence-corrected chi connectivity index (χ4v) is 7.75. The van der Waals surface area contributed by atoms with E-state index in [-0.39, 0.29) is 34.9 Å². The fraction of sp³-hybridized carbons (Fsp3) is 0.559. The number of nitrogens with one attached hydrogen (secondary N) is 1. The summed E-state index contributed by atoms with van der Waals surface area (Å²) in [5.41, 5.74) is 5.55. The zero-order valence-corrected chi connectivity index (χ0v) is 29.9. The van der Waals surface area contributed by atoms with Crippen molar-refractivity contribution in [3.8, 4) is 10.4 Å². The second kappa shape index (κ2) is 14.1. The van der Waals surface area contributed by atoms with Gasteiger partial charge in [-0.05, 0) is 55.4 Å². The average Bonchev–Trinajstić information content (AvgIpc) is 3.71. The standard InChI is InChI=1S/C34H48N4O5SSi/c1-21(2)30(29-17-26(37-42-29)11-10-16-39)33(41)38-19-27(43-45(8,9)34(5,6)7)18-28(38)32(40)36-22(3)24-12-14-25(15-13-24)31-23(4)35-20-44-31/h12-17,20-22,27-28,30H,10-11,18-19H2,1-9H3,(H,36,40)/t22?,27-,28+,30?/m1/s1. The Kier molecular flexibility index (Phi) is 10.9. The molecule has 1 saturated heterocycles. The van der Waals surface area contributed by atoms with Crippen LogP contribution in [0.2, 0.25) is 18.1 Å². The van der Waals surface area contributed by atoms with E-state index in [1.165, 1.54) is 0 Å². The predicted octanol–water partition coefficient (Wildman–Crippen LogP) is 6.85. The molecule has 0 radical (unpaired) electrons. The van der Waals surface area contributed by atoms with Gasteiger partial charge >= 0.3 is 0 Å². The van der Waals surface area contributed by atoms with Crippen LogP contribution in [0.1, 0.15) is 89.1 Å². The first kappa shape index (κ1) is 34.7. The lowest BCUT2D eigenvalue weighted by atomic mass is 9.91. The Morgan fingerprint density at radius 3 is 2.47 bits per heavy atom. The molecule has 4 atom stereocenters. The second-order valence-corrected chi connectivity index (χ2v) is 19.6. The Bertz CT molecular complexity index is 1480. The van der Waals surface area contributed by atoms with Gasteiger partial charge in [-0.1, -0.05) is 64.0 Å². The molecule has 3 aromatic rings. The van der Waals surface area contributed by atoms with E-state index in [0.717, 1.165) is 28.0 Å². The highest BCUT2D eigenvalue weighted by Gasteiger charge is 2.47. The number of hydrogen-bond donors (Lipinski definition) is 1. The largest absolute Gasteiger partial charge is 0.412 e. The molecule has 244 valence electrons. The zero-order valence-electron chi connectivity index (χ0n) is 28.0. The van der Waals surface area contributed by atoms with E-state index < -0.39 is 20.3 Å². The van der Waals surface area contributed by atoms with Gasteiger partial charge in [0.2, 0.25) is 11.8 Å². The molecule has 2 unspecified atom stereocenters. The molecule has 2 amide bonds. The maximum Gasteiger partial charge on any atom is 0.243 e. The van der Waals surface area contributed by atoms with Crippen LogP contribution in [0, 0.1) is 12.8 Å². The molecular formula is C34H48N4O5SSi. The lowest BCUT2D eigenvalue weighted by Gasteiger charge is -2.38. The summed E-state index contributed by atoms with van der Waals surface area (Å²) in [5, 5.41) is 7.27. The van der Waals surface area contributed by atoms with Gasteiger partial charge in [-0.3, -0.25) is 9.59 Å². The van der Waals surface area contributed by atoms with Crippen LogP contribution in [0.15, 0.2) is 40.4 Å². The predicted molar refractivity (Wildman–Crippen MR) is 179 cm³/mol. The number of aldehydes is 1. The van der Waals surface area contributed by atoms with Crippen LogP contribution in [-0.4, -0.2) is 60.1 Å². The molecule has 0 bridgehead atoms. The lowest BCUT2D eigenvalue weighted by Crippen LogP contribution is -2.48. The van der Waals surface area contributed by atoms with E-state index in [9.17, 15) is 14.4 Å². The lowest BCUT2D eigenvalue weighted by molar-refractivity contribution is -0.141. The number of amides is 2. The number of hydrogen-bond acceptors (Lipinski definition) is 8. The Balaban J connectivity index is 1.57. The van der Waals surface area contributed by atoms with Gasteiger partial charge < -0.3 is 24.0 Å². The van der Waals surface area contributed by atoms with Crippen molar-refractivity contribution in [3.63, 3.8) is 0 Å². The average molecular weight is 653 g/mol. The second-order valence-electron chi connectivity index (χ2n) is 14.0. The van der Waals surface area contributed by atoms with Crippen LogP contribution in [0.4, 0.5) is 0 Å². The highest BCUT2D eigenvalue weighted by Crippen LogP contribution is 2.40. The van der Waals surface area contributed by atoms with Crippen LogP contribution < -0.4 is 5.32 Å². The van der Waals surface area contributed by atoms with Gasteiger partial charge in [0.25, 0.3) is 0 Å². The van der Waals surface area contributed by atoms with Crippen LogP contribution in [0.5, 0.6) is 0 Å². The quantitative estimate of drug-likeness (QED) is 0.168. The normalized spacial score (nSPS) is 18.7. The molecule has 9 nitrogen and oxygen atoms in total. The maximum absolute atomic E-state index is 14.3. The number of carbonyl (C=O) groups is 3. The first-order valence-corrected chi connectivity index (χ1v) is 19.6. The molecule has 4 rings (SSSR count). The first-order chi connectivity index (χ1) is 21.1. The monoisotopic (exact) mass is 652 g/mol. The van der Waals surface area contributed by atoms with Crippen molar-refractivity contribution in [1.82, 2.24) is 20.4 Å². The highest BCUT2D eigenvalue weighted by atomic mass is 32.1. The van der Waals surface area contributed by atoms with E-state index in [2.05, 4.69) is 61.5 Å². The van der Waals surface area contributed by atoms with Crippen LogP contribution in [-0.2, 0) is 25.2 Å². The highest BCUT2D eigenvalue weighted by molar-refractivity contribution is 7.13. The number of thiazole rings is 1. The molecule has 45 heavy (non-hydrogen) atoms.